The van der Waals surface area contributed by atoms with E-state index in [0.29, 0.717) is 16.5 Å². The normalized spacial score (nSPS) is 11.4. The minimum absolute atomic E-state index is 0.133. The number of carbonyl (C=O) groups excluding carboxylic acids is 1. The Morgan fingerprint density at radius 1 is 1.13 bits per heavy atom. The molecule has 0 aliphatic heterocycles. The second kappa shape index (κ2) is 8.17. The number of carbonyl (C=O) groups is 2. The number of nitrogens with zero attached hydrogens (tertiary/aromatic N) is 1. The quantitative estimate of drug-likeness (QED) is 0.490. The van der Waals surface area contributed by atoms with Gasteiger partial charge >= 0.3 is 5.97 Å². The van der Waals surface area contributed by atoms with Gasteiger partial charge in [-0.2, -0.15) is 0 Å². The molecule has 0 bridgehead atoms. The molecule has 9 nitrogen and oxygen atoms in total. The van der Waals surface area contributed by atoms with Gasteiger partial charge in [0.1, 0.15) is 5.75 Å². The Morgan fingerprint density at radius 2 is 1.83 bits per heavy atom. The predicted octanol–water partition coefficient (Wildman–Crippen LogP) is 1.88. The van der Waals surface area contributed by atoms with Gasteiger partial charge in [-0.05, 0) is 31.5 Å². The Labute approximate surface area is 173 Å². The molecule has 0 saturated carbocycles. The van der Waals surface area contributed by atoms with Gasteiger partial charge in [0.2, 0.25) is 0 Å². The number of aromatic nitrogens is 1. The minimum atomic E-state index is -4.13. The standard InChI is InChI=1S/C20H21N3O6S/c1-12-8-9-17(13(2)19(12)29-11-18(24)25)30(27,28)22-21-20(26)15-10-23(3)16-7-5-4-6-14(15)16/h4-10,22H,11H2,1-3H3,(H,21,26)(H,24,25). The van der Waals surface area contributed by atoms with Gasteiger partial charge in [0, 0.05) is 29.7 Å². The predicted molar refractivity (Wildman–Crippen MR) is 110 cm³/mol. The van der Waals surface area contributed by atoms with Crippen molar-refractivity contribution < 1.29 is 27.9 Å². The highest BCUT2D eigenvalue weighted by Crippen LogP contribution is 2.29. The van der Waals surface area contributed by atoms with E-state index in [2.05, 4.69) is 10.3 Å². The molecule has 1 amide bonds. The number of carboxylic acids is 1. The van der Waals surface area contributed by atoms with Crippen LogP contribution in [-0.2, 0) is 21.9 Å². The fraction of sp³-hybridized carbons (Fsp3) is 0.200. The van der Waals surface area contributed by atoms with Crippen LogP contribution in [0.1, 0.15) is 21.5 Å². The fourth-order valence-corrected chi connectivity index (χ4v) is 4.29. The van der Waals surface area contributed by atoms with Gasteiger partial charge in [-0.3, -0.25) is 10.2 Å². The lowest BCUT2D eigenvalue weighted by molar-refractivity contribution is -0.139. The monoisotopic (exact) mass is 431 g/mol. The van der Waals surface area contributed by atoms with Crippen molar-refractivity contribution in [3.63, 3.8) is 0 Å². The van der Waals surface area contributed by atoms with E-state index in [1.807, 2.05) is 12.1 Å². The van der Waals surface area contributed by atoms with Gasteiger partial charge in [0.05, 0.1) is 10.5 Å². The van der Waals surface area contributed by atoms with Crippen LogP contribution in [0.25, 0.3) is 10.9 Å². The molecular formula is C20H21N3O6S. The molecule has 0 aliphatic rings. The highest BCUT2D eigenvalue weighted by molar-refractivity contribution is 7.89. The summed E-state index contributed by atoms with van der Waals surface area (Å²) in [7, 11) is -2.35. The maximum Gasteiger partial charge on any atom is 0.341 e. The molecule has 1 aromatic heterocycles. The first kappa shape index (κ1) is 21.3. The molecule has 158 valence electrons. The maximum atomic E-state index is 12.8. The summed E-state index contributed by atoms with van der Waals surface area (Å²) in [5, 5.41) is 9.50. The summed E-state index contributed by atoms with van der Waals surface area (Å²) in [6.07, 6.45) is 1.61. The number of hydrazine groups is 1. The van der Waals surface area contributed by atoms with E-state index in [1.54, 1.807) is 36.9 Å². The second-order valence-electron chi connectivity index (χ2n) is 6.75. The lowest BCUT2D eigenvalue weighted by atomic mass is 10.1. The molecule has 1 heterocycles. The van der Waals surface area contributed by atoms with Gasteiger partial charge in [-0.1, -0.05) is 24.3 Å². The van der Waals surface area contributed by atoms with Crippen LogP contribution in [0.5, 0.6) is 5.75 Å². The summed E-state index contributed by atoms with van der Waals surface area (Å²) in [6.45, 7) is 2.58. The third kappa shape index (κ3) is 4.14. The number of ether oxygens (including phenoxy) is 1. The molecule has 0 spiro atoms. The van der Waals surface area contributed by atoms with E-state index in [1.165, 1.54) is 19.1 Å². The first-order valence-electron chi connectivity index (χ1n) is 8.93. The minimum Gasteiger partial charge on any atom is -0.481 e. The molecule has 0 atom stereocenters. The second-order valence-corrected chi connectivity index (χ2v) is 8.40. The van der Waals surface area contributed by atoms with Gasteiger partial charge < -0.3 is 14.4 Å². The third-order valence-electron chi connectivity index (χ3n) is 4.62. The van der Waals surface area contributed by atoms with E-state index in [4.69, 9.17) is 9.84 Å². The molecule has 30 heavy (non-hydrogen) atoms. The van der Waals surface area contributed by atoms with Gasteiger partial charge in [0.15, 0.2) is 6.61 Å². The van der Waals surface area contributed by atoms with Crippen LogP contribution >= 0.6 is 0 Å². The Kier molecular flexibility index (Phi) is 5.81. The zero-order chi connectivity index (χ0) is 22.1. The first-order valence-corrected chi connectivity index (χ1v) is 10.4. The van der Waals surface area contributed by atoms with Crippen LogP contribution in [0.3, 0.4) is 0 Å². The number of para-hydroxylation sites is 1. The summed E-state index contributed by atoms with van der Waals surface area (Å²) >= 11 is 0. The third-order valence-corrected chi connectivity index (χ3v) is 6.02. The Hall–Kier alpha value is -3.37. The Morgan fingerprint density at radius 3 is 2.53 bits per heavy atom. The zero-order valence-corrected chi connectivity index (χ0v) is 17.4. The largest absolute Gasteiger partial charge is 0.481 e. The molecule has 3 N–H and O–H groups in total. The number of nitrogens with one attached hydrogen (secondary N) is 2. The lowest BCUT2D eigenvalue weighted by Crippen LogP contribution is -2.41. The van der Waals surface area contributed by atoms with E-state index < -0.39 is 28.5 Å². The molecule has 0 fully saturated rings. The zero-order valence-electron chi connectivity index (χ0n) is 16.6. The summed E-state index contributed by atoms with van der Waals surface area (Å²) in [5.74, 6) is -1.62. The van der Waals surface area contributed by atoms with Gasteiger partial charge in [0.25, 0.3) is 15.9 Å². The number of hydrogen-bond acceptors (Lipinski definition) is 5. The molecule has 3 aromatic rings. The number of aliphatic carboxylic acids is 1. The number of aryl methyl sites for hydroxylation is 2. The van der Waals surface area contributed by atoms with Crippen molar-refractivity contribution in [2.24, 2.45) is 7.05 Å². The first-order chi connectivity index (χ1) is 14.1. The van der Waals surface area contributed by atoms with Crippen molar-refractivity contribution in [3.05, 3.63) is 59.3 Å². The Balaban J connectivity index is 1.84. The Bertz CT molecular complexity index is 1250. The van der Waals surface area contributed by atoms with Gasteiger partial charge in [-0.15, -0.1) is 4.83 Å². The van der Waals surface area contributed by atoms with Crippen LogP contribution in [0.2, 0.25) is 0 Å². The van der Waals surface area contributed by atoms with E-state index in [9.17, 15) is 18.0 Å². The number of carboxylic acid groups (broad SMARTS) is 1. The van der Waals surface area contributed by atoms with E-state index >= 15 is 0 Å². The molecule has 0 saturated heterocycles. The number of amides is 1. The van der Waals surface area contributed by atoms with Crippen LogP contribution in [0.4, 0.5) is 0 Å². The maximum absolute atomic E-state index is 12.8. The SMILES string of the molecule is Cc1ccc(S(=O)(=O)NNC(=O)c2cn(C)c3ccccc23)c(C)c1OCC(=O)O. The van der Waals surface area contributed by atoms with Crippen molar-refractivity contribution in [1.82, 2.24) is 14.8 Å². The average Bonchev–Trinajstić information content (AvgIpc) is 3.03. The number of sulfonamides is 1. The van der Waals surface area contributed by atoms with E-state index in [-0.39, 0.29) is 16.2 Å². The average molecular weight is 431 g/mol. The van der Waals surface area contributed by atoms with Crippen molar-refractivity contribution in [3.8, 4) is 5.75 Å². The van der Waals surface area contributed by atoms with Gasteiger partial charge in [-0.25, -0.2) is 13.2 Å². The van der Waals surface area contributed by atoms with Crippen molar-refractivity contribution in [1.29, 1.82) is 0 Å². The molecule has 2 aromatic carbocycles. The van der Waals surface area contributed by atoms with E-state index in [0.717, 1.165) is 5.52 Å². The molecule has 0 aliphatic carbocycles. The highest BCUT2D eigenvalue weighted by atomic mass is 32.2. The lowest BCUT2D eigenvalue weighted by Gasteiger charge is -2.15. The smallest absolute Gasteiger partial charge is 0.341 e. The van der Waals surface area contributed by atoms with Crippen molar-refractivity contribution in [2.45, 2.75) is 18.7 Å². The summed E-state index contributed by atoms with van der Waals surface area (Å²) < 4.78 is 32.5. The molecule has 3 rings (SSSR count). The summed E-state index contributed by atoms with van der Waals surface area (Å²) in [5.41, 5.74) is 4.21. The highest BCUT2D eigenvalue weighted by Gasteiger charge is 2.23. The van der Waals surface area contributed by atoms with Crippen LogP contribution in [0, 0.1) is 13.8 Å². The molecule has 0 unspecified atom stereocenters. The number of hydrogen-bond donors (Lipinski definition) is 3. The van der Waals surface area contributed by atoms with Crippen molar-refractivity contribution >= 4 is 32.8 Å². The van der Waals surface area contributed by atoms with Crippen LogP contribution in [0.15, 0.2) is 47.5 Å². The molecule has 0 radical (unpaired) electrons. The summed E-state index contributed by atoms with van der Waals surface area (Å²) in [6, 6.07) is 10.1. The van der Waals surface area contributed by atoms with Crippen molar-refractivity contribution in [2.75, 3.05) is 6.61 Å². The van der Waals surface area contributed by atoms with Crippen LogP contribution in [-0.4, -0.2) is 36.6 Å². The number of fused-ring (bicyclic) bond motifs is 1. The number of benzene rings is 2. The molecule has 10 heteroatoms. The molecular weight excluding hydrogens is 410 g/mol. The van der Waals surface area contributed by atoms with Crippen LogP contribution < -0.4 is 15.0 Å². The summed E-state index contributed by atoms with van der Waals surface area (Å²) in [4.78, 5) is 25.3. The topological polar surface area (TPSA) is 127 Å². The number of rotatable bonds is 7. The fourth-order valence-electron chi connectivity index (χ4n) is 3.21.